The maximum absolute atomic E-state index is 13.7. The molecule has 0 radical (unpaired) electrons. The zero-order chi connectivity index (χ0) is 17.5. The highest BCUT2D eigenvalue weighted by molar-refractivity contribution is 5.77. The number of halogens is 1. The Morgan fingerprint density at radius 2 is 2.04 bits per heavy atom. The summed E-state index contributed by atoms with van der Waals surface area (Å²) in [7, 11) is 5.72. The van der Waals surface area contributed by atoms with Crippen LogP contribution in [0.4, 0.5) is 4.39 Å². The lowest BCUT2D eigenvalue weighted by Gasteiger charge is -2.35. The number of rotatable bonds is 7. The van der Waals surface area contributed by atoms with Crippen LogP contribution in [-0.4, -0.2) is 74.5 Å². The van der Waals surface area contributed by atoms with E-state index >= 15 is 0 Å². The summed E-state index contributed by atoms with van der Waals surface area (Å²) in [5, 5.41) is 0. The first-order chi connectivity index (χ1) is 11.5. The Morgan fingerprint density at radius 1 is 1.29 bits per heavy atom. The van der Waals surface area contributed by atoms with E-state index in [9.17, 15) is 9.18 Å². The molecule has 24 heavy (non-hydrogen) atoms. The molecular weight excluding hydrogens is 305 g/mol. The average Bonchev–Trinajstić information content (AvgIpc) is 2.54. The molecule has 1 saturated heterocycles. The molecule has 0 bridgehead atoms. The second kappa shape index (κ2) is 9.14. The van der Waals surface area contributed by atoms with Gasteiger partial charge in [0.25, 0.3) is 0 Å². The molecule has 0 aromatic heterocycles. The molecule has 0 unspecified atom stereocenters. The minimum absolute atomic E-state index is 0.111. The molecule has 1 atom stereocenters. The van der Waals surface area contributed by atoms with Gasteiger partial charge >= 0.3 is 0 Å². The maximum Gasteiger partial charge on any atom is 0.236 e. The molecule has 2 rings (SSSR count). The summed E-state index contributed by atoms with van der Waals surface area (Å²) < 4.78 is 13.7. The predicted molar refractivity (Wildman–Crippen MR) is 95.5 cm³/mol. The Hall–Kier alpha value is -1.46. The summed E-state index contributed by atoms with van der Waals surface area (Å²) in [6.07, 6.45) is 3.06. The van der Waals surface area contributed by atoms with E-state index in [1.807, 2.05) is 43.1 Å². The summed E-state index contributed by atoms with van der Waals surface area (Å²) in [6, 6.07) is 7.02. The first-order valence-electron chi connectivity index (χ1n) is 8.80. The smallest absolute Gasteiger partial charge is 0.236 e. The maximum atomic E-state index is 13.7. The van der Waals surface area contributed by atoms with Gasteiger partial charge in [0.05, 0.1) is 6.54 Å². The van der Waals surface area contributed by atoms with E-state index < -0.39 is 0 Å². The fourth-order valence-corrected chi connectivity index (χ4v) is 3.36. The van der Waals surface area contributed by atoms with Crippen molar-refractivity contribution in [2.45, 2.75) is 19.3 Å². The van der Waals surface area contributed by atoms with Gasteiger partial charge in [0.2, 0.25) is 5.91 Å². The van der Waals surface area contributed by atoms with Crippen LogP contribution < -0.4 is 0 Å². The van der Waals surface area contributed by atoms with Gasteiger partial charge in [-0.2, -0.15) is 0 Å². The van der Waals surface area contributed by atoms with Crippen LogP contribution in [-0.2, 0) is 11.2 Å². The topological polar surface area (TPSA) is 26.8 Å². The van der Waals surface area contributed by atoms with E-state index in [1.54, 1.807) is 6.07 Å². The van der Waals surface area contributed by atoms with Crippen LogP contribution in [0.3, 0.4) is 0 Å². The normalized spacial score (nSPS) is 18.8. The third kappa shape index (κ3) is 5.87. The van der Waals surface area contributed by atoms with Gasteiger partial charge in [-0.05, 0) is 57.5 Å². The number of hydrogen-bond acceptors (Lipinski definition) is 3. The highest BCUT2D eigenvalue weighted by Gasteiger charge is 2.22. The van der Waals surface area contributed by atoms with E-state index in [1.165, 1.54) is 6.07 Å². The number of piperidine rings is 1. The van der Waals surface area contributed by atoms with Gasteiger partial charge in [0, 0.05) is 26.7 Å². The molecule has 0 spiro atoms. The number of carbonyl (C=O) groups is 1. The zero-order valence-electron chi connectivity index (χ0n) is 15.2. The summed E-state index contributed by atoms with van der Waals surface area (Å²) >= 11 is 0. The highest BCUT2D eigenvalue weighted by Crippen LogP contribution is 2.18. The van der Waals surface area contributed by atoms with Crippen molar-refractivity contribution in [2.75, 3.05) is 53.9 Å². The molecule has 4 nitrogen and oxygen atoms in total. The van der Waals surface area contributed by atoms with Crippen molar-refractivity contribution in [3.05, 3.63) is 35.6 Å². The van der Waals surface area contributed by atoms with Gasteiger partial charge in [0.15, 0.2) is 0 Å². The number of likely N-dealkylation sites (N-methyl/N-ethyl adjacent to an activating group) is 2. The van der Waals surface area contributed by atoms with Gasteiger partial charge in [0.1, 0.15) is 5.82 Å². The molecule has 1 aliphatic rings. The van der Waals surface area contributed by atoms with Crippen LogP contribution in [0.25, 0.3) is 0 Å². The summed E-state index contributed by atoms with van der Waals surface area (Å²) in [5.74, 6) is 0.569. The second-order valence-electron chi connectivity index (χ2n) is 7.16. The summed E-state index contributed by atoms with van der Waals surface area (Å²) in [6.45, 7) is 4.21. The molecule has 0 aliphatic carbocycles. The van der Waals surface area contributed by atoms with E-state index in [4.69, 9.17) is 0 Å². The van der Waals surface area contributed by atoms with Crippen molar-refractivity contribution in [3.63, 3.8) is 0 Å². The van der Waals surface area contributed by atoms with Crippen LogP contribution in [0.2, 0.25) is 0 Å². The van der Waals surface area contributed by atoms with Crippen LogP contribution >= 0.6 is 0 Å². The lowest BCUT2D eigenvalue weighted by molar-refractivity contribution is -0.131. The standard InChI is InChI=1S/C19H30FN3O/c1-21(2)15-19(24)22(3)13-16-7-6-11-23(14-16)12-10-17-8-4-5-9-18(17)20/h4-5,8-9,16H,6-7,10-15H2,1-3H3/t16-/m0/s1. The molecule has 1 amide bonds. The molecule has 134 valence electrons. The number of likely N-dealkylation sites (tertiary alicyclic amines) is 1. The molecule has 0 saturated carbocycles. The Labute approximate surface area is 145 Å². The minimum atomic E-state index is -0.111. The van der Waals surface area contributed by atoms with Crippen LogP contribution in [0.5, 0.6) is 0 Å². The third-order valence-corrected chi connectivity index (χ3v) is 4.67. The third-order valence-electron chi connectivity index (χ3n) is 4.67. The summed E-state index contributed by atoms with van der Waals surface area (Å²) in [5.41, 5.74) is 0.790. The van der Waals surface area contributed by atoms with Gasteiger partial charge in [-0.3, -0.25) is 4.79 Å². The van der Waals surface area contributed by atoms with Crippen molar-refractivity contribution in [3.8, 4) is 0 Å². The molecule has 1 aromatic rings. The number of nitrogens with zero attached hydrogens (tertiary/aromatic N) is 3. The first kappa shape index (κ1) is 18.9. The van der Waals surface area contributed by atoms with Gasteiger partial charge in [-0.1, -0.05) is 18.2 Å². The van der Waals surface area contributed by atoms with Crippen molar-refractivity contribution in [1.82, 2.24) is 14.7 Å². The number of amides is 1. The van der Waals surface area contributed by atoms with E-state index in [-0.39, 0.29) is 11.7 Å². The average molecular weight is 335 g/mol. The fourth-order valence-electron chi connectivity index (χ4n) is 3.36. The molecule has 1 aromatic carbocycles. The Morgan fingerprint density at radius 3 is 2.75 bits per heavy atom. The Bertz CT molecular complexity index is 535. The largest absolute Gasteiger partial charge is 0.344 e. The summed E-state index contributed by atoms with van der Waals surface area (Å²) in [4.78, 5) is 18.2. The molecule has 1 fully saturated rings. The fraction of sp³-hybridized carbons (Fsp3) is 0.632. The van der Waals surface area contributed by atoms with Crippen LogP contribution in [0.1, 0.15) is 18.4 Å². The van der Waals surface area contributed by atoms with E-state index in [2.05, 4.69) is 4.90 Å². The van der Waals surface area contributed by atoms with Crippen LogP contribution in [0, 0.1) is 11.7 Å². The number of hydrogen-bond donors (Lipinski definition) is 0. The highest BCUT2D eigenvalue weighted by atomic mass is 19.1. The molecular formula is C19H30FN3O. The van der Waals surface area contributed by atoms with Crippen molar-refractivity contribution >= 4 is 5.91 Å². The predicted octanol–water partition coefficient (Wildman–Crippen LogP) is 2.10. The first-order valence-corrected chi connectivity index (χ1v) is 8.80. The van der Waals surface area contributed by atoms with Crippen molar-refractivity contribution in [1.29, 1.82) is 0 Å². The minimum Gasteiger partial charge on any atom is -0.344 e. The SMILES string of the molecule is CN(C)CC(=O)N(C)C[C@@H]1CCCN(CCc2ccccc2F)C1. The second-order valence-corrected chi connectivity index (χ2v) is 7.16. The number of carbonyl (C=O) groups excluding carboxylic acids is 1. The Balaban J connectivity index is 1.79. The van der Waals surface area contributed by atoms with E-state index in [0.717, 1.165) is 51.0 Å². The number of benzene rings is 1. The molecule has 0 N–H and O–H groups in total. The zero-order valence-corrected chi connectivity index (χ0v) is 15.2. The van der Waals surface area contributed by atoms with E-state index in [0.29, 0.717) is 12.5 Å². The van der Waals surface area contributed by atoms with Crippen LogP contribution in [0.15, 0.2) is 24.3 Å². The van der Waals surface area contributed by atoms with Crippen molar-refractivity contribution < 1.29 is 9.18 Å². The molecule has 5 heteroatoms. The lowest BCUT2D eigenvalue weighted by Crippen LogP contribution is -2.44. The van der Waals surface area contributed by atoms with Gasteiger partial charge < -0.3 is 14.7 Å². The monoisotopic (exact) mass is 335 g/mol. The quantitative estimate of drug-likeness (QED) is 0.763. The van der Waals surface area contributed by atoms with Crippen molar-refractivity contribution in [2.24, 2.45) is 5.92 Å². The van der Waals surface area contributed by atoms with Gasteiger partial charge in [-0.15, -0.1) is 0 Å². The van der Waals surface area contributed by atoms with Gasteiger partial charge in [-0.25, -0.2) is 4.39 Å². The lowest BCUT2D eigenvalue weighted by atomic mass is 9.97. The molecule has 1 aliphatic heterocycles. The molecule has 1 heterocycles. The Kier molecular flexibility index (Phi) is 7.18.